The normalized spacial score (nSPS) is 15.5. The molecule has 1 aliphatic carbocycles. The zero-order valence-electron chi connectivity index (χ0n) is 16.1. The van der Waals surface area contributed by atoms with Crippen LogP contribution in [-0.4, -0.2) is 12.0 Å². The second kappa shape index (κ2) is 9.27. The fourth-order valence-electron chi connectivity index (χ4n) is 3.66. The predicted molar refractivity (Wildman–Crippen MR) is 110 cm³/mol. The van der Waals surface area contributed by atoms with Gasteiger partial charge in [0.05, 0.1) is 6.04 Å². The molecule has 2 aromatic carbocycles. The Balaban J connectivity index is 1.68. The van der Waals surface area contributed by atoms with Gasteiger partial charge in [-0.25, -0.2) is 0 Å². The molecule has 4 heteroatoms. The monoisotopic (exact) mass is 385 g/mol. The van der Waals surface area contributed by atoms with E-state index in [1.807, 2.05) is 6.92 Å². The van der Waals surface area contributed by atoms with Crippen LogP contribution < -0.4 is 10.1 Å². The topological polar surface area (TPSA) is 38.3 Å². The first-order chi connectivity index (χ1) is 13.1. The van der Waals surface area contributed by atoms with Gasteiger partial charge in [-0.3, -0.25) is 4.79 Å². The Kier molecular flexibility index (Phi) is 6.78. The average molecular weight is 386 g/mol. The van der Waals surface area contributed by atoms with Crippen molar-refractivity contribution >= 4 is 17.5 Å². The number of carbonyl (C=O) groups excluding carboxylic acids is 1. The first-order valence-corrected chi connectivity index (χ1v) is 10.3. The first-order valence-electron chi connectivity index (χ1n) is 9.95. The average Bonchev–Trinajstić information content (AvgIpc) is 2.71. The van der Waals surface area contributed by atoms with Crippen molar-refractivity contribution in [3.05, 3.63) is 64.2 Å². The summed E-state index contributed by atoms with van der Waals surface area (Å²) in [5.41, 5.74) is 4.09. The molecular weight excluding hydrogens is 358 g/mol. The highest BCUT2D eigenvalue weighted by Gasteiger charge is 2.22. The molecule has 0 aromatic heterocycles. The molecule has 3 rings (SSSR count). The van der Waals surface area contributed by atoms with Gasteiger partial charge in [-0.2, -0.15) is 0 Å². The van der Waals surface area contributed by atoms with E-state index in [1.165, 1.54) is 36.0 Å². The highest BCUT2D eigenvalue weighted by molar-refractivity contribution is 6.30. The van der Waals surface area contributed by atoms with E-state index in [-0.39, 0.29) is 11.9 Å². The van der Waals surface area contributed by atoms with Gasteiger partial charge in [0.1, 0.15) is 5.75 Å². The standard InChI is InChI=1S/C23H28ClNO2/c1-3-21(18-10-9-16-7-5-6-8-17(16)15-18)25-23(26)22(4-2)27-20-13-11-19(24)12-14-20/h9-15,21-22H,3-8H2,1-2H3,(H,25,26)/t21-,22+/m1/s1. The summed E-state index contributed by atoms with van der Waals surface area (Å²) in [5.74, 6) is 0.584. The smallest absolute Gasteiger partial charge is 0.261 e. The van der Waals surface area contributed by atoms with Crippen LogP contribution in [0.5, 0.6) is 5.75 Å². The number of benzene rings is 2. The highest BCUT2D eigenvalue weighted by atomic mass is 35.5. The quantitative estimate of drug-likeness (QED) is 0.669. The van der Waals surface area contributed by atoms with Crippen LogP contribution >= 0.6 is 11.6 Å². The van der Waals surface area contributed by atoms with E-state index >= 15 is 0 Å². The number of rotatable bonds is 7. The molecule has 0 aliphatic heterocycles. The third kappa shape index (κ3) is 5.04. The maximum absolute atomic E-state index is 12.8. The molecule has 27 heavy (non-hydrogen) atoms. The number of nitrogens with one attached hydrogen (secondary N) is 1. The molecule has 0 bridgehead atoms. The lowest BCUT2D eigenvalue weighted by Gasteiger charge is -2.24. The Morgan fingerprint density at radius 2 is 1.74 bits per heavy atom. The van der Waals surface area contributed by atoms with E-state index in [9.17, 15) is 4.79 Å². The van der Waals surface area contributed by atoms with Crippen molar-refractivity contribution in [1.29, 1.82) is 0 Å². The second-order valence-electron chi connectivity index (χ2n) is 7.17. The molecule has 0 spiro atoms. The summed E-state index contributed by atoms with van der Waals surface area (Å²) in [5, 5.41) is 3.83. The lowest BCUT2D eigenvalue weighted by atomic mass is 9.88. The molecule has 1 N–H and O–H groups in total. The van der Waals surface area contributed by atoms with Crippen LogP contribution in [0, 0.1) is 0 Å². The minimum Gasteiger partial charge on any atom is -0.481 e. The minimum atomic E-state index is -0.516. The molecule has 0 heterocycles. The number of ether oxygens (including phenoxy) is 1. The summed E-state index contributed by atoms with van der Waals surface area (Å²) in [6.45, 7) is 4.06. The Morgan fingerprint density at radius 3 is 2.41 bits per heavy atom. The molecule has 2 atom stereocenters. The minimum absolute atomic E-state index is 0.00703. The van der Waals surface area contributed by atoms with Gasteiger partial charge < -0.3 is 10.1 Å². The zero-order chi connectivity index (χ0) is 19.2. The second-order valence-corrected chi connectivity index (χ2v) is 7.61. The summed E-state index contributed by atoms with van der Waals surface area (Å²) in [4.78, 5) is 12.8. The molecular formula is C23H28ClNO2. The van der Waals surface area contributed by atoms with Crippen LogP contribution in [0.3, 0.4) is 0 Å². The van der Waals surface area contributed by atoms with Crippen LogP contribution in [0.2, 0.25) is 5.02 Å². The third-order valence-corrected chi connectivity index (χ3v) is 5.51. The van der Waals surface area contributed by atoms with E-state index < -0.39 is 6.10 Å². The fraction of sp³-hybridized carbons (Fsp3) is 0.435. The molecule has 1 amide bonds. The largest absolute Gasteiger partial charge is 0.481 e. The molecule has 0 fully saturated rings. The van der Waals surface area contributed by atoms with Crippen molar-refractivity contribution in [2.24, 2.45) is 0 Å². The van der Waals surface area contributed by atoms with Crippen LogP contribution in [0.1, 0.15) is 62.3 Å². The van der Waals surface area contributed by atoms with Gasteiger partial charge >= 0.3 is 0 Å². The van der Waals surface area contributed by atoms with Crippen LogP contribution in [0.25, 0.3) is 0 Å². The molecule has 0 radical (unpaired) electrons. The van der Waals surface area contributed by atoms with E-state index in [0.29, 0.717) is 17.2 Å². The van der Waals surface area contributed by atoms with Gasteiger partial charge in [0.25, 0.3) is 5.91 Å². The van der Waals surface area contributed by atoms with E-state index in [4.69, 9.17) is 16.3 Å². The molecule has 1 aliphatic rings. The summed E-state index contributed by atoms with van der Waals surface area (Å²) in [6, 6.07) is 13.8. The lowest BCUT2D eigenvalue weighted by molar-refractivity contribution is -0.128. The molecule has 0 saturated heterocycles. The Morgan fingerprint density at radius 1 is 1.04 bits per heavy atom. The number of hydrogen-bond donors (Lipinski definition) is 1. The van der Waals surface area contributed by atoms with Crippen molar-refractivity contribution in [2.45, 2.75) is 64.5 Å². The van der Waals surface area contributed by atoms with Gasteiger partial charge in [0, 0.05) is 5.02 Å². The number of fused-ring (bicyclic) bond motifs is 1. The number of carbonyl (C=O) groups is 1. The lowest BCUT2D eigenvalue weighted by Crippen LogP contribution is -2.40. The van der Waals surface area contributed by atoms with Gasteiger partial charge in [-0.05, 0) is 79.5 Å². The van der Waals surface area contributed by atoms with Crippen molar-refractivity contribution in [2.75, 3.05) is 0 Å². The summed E-state index contributed by atoms with van der Waals surface area (Å²) in [7, 11) is 0. The van der Waals surface area contributed by atoms with Crippen molar-refractivity contribution in [3.8, 4) is 5.75 Å². The third-order valence-electron chi connectivity index (χ3n) is 5.25. The van der Waals surface area contributed by atoms with Crippen molar-refractivity contribution < 1.29 is 9.53 Å². The SMILES string of the molecule is CC[C@H](Oc1ccc(Cl)cc1)C(=O)N[C@H](CC)c1ccc2c(c1)CCCC2. The fourth-order valence-corrected chi connectivity index (χ4v) is 3.78. The Hall–Kier alpha value is -2.00. The first kappa shape index (κ1) is 19.8. The Bertz CT molecular complexity index is 772. The van der Waals surface area contributed by atoms with Gasteiger partial charge in [0.2, 0.25) is 0 Å². The molecule has 3 nitrogen and oxygen atoms in total. The number of amides is 1. The molecule has 144 valence electrons. The number of halogens is 1. The van der Waals surface area contributed by atoms with E-state index in [1.54, 1.807) is 24.3 Å². The van der Waals surface area contributed by atoms with Crippen LogP contribution in [-0.2, 0) is 17.6 Å². The van der Waals surface area contributed by atoms with Gasteiger partial charge in [0.15, 0.2) is 6.10 Å². The molecule has 0 saturated carbocycles. The van der Waals surface area contributed by atoms with E-state index in [2.05, 4.69) is 30.4 Å². The zero-order valence-corrected chi connectivity index (χ0v) is 16.9. The summed E-state index contributed by atoms with van der Waals surface area (Å²) in [6.07, 6.45) is 5.79. The molecule has 2 aromatic rings. The van der Waals surface area contributed by atoms with Crippen molar-refractivity contribution in [3.63, 3.8) is 0 Å². The summed E-state index contributed by atoms with van der Waals surface area (Å²) >= 11 is 5.92. The van der Waals surface area contributed by atoms with Gasteiger partial charge in [-0.15, -0.1) is 0 Å². The Labute approximate surface area is 167 Å². The number of aryl methyl sites for hydroxylation is 2. The van der Waals surface area contributed by atoms with Crippen LogP contribution in [0.15, 0.2) is 42.5 Å². The predicted octanol–water partition coefficient (Wildman–Crippen LogP) is 5.64. The van der Waals surface area contributed by atoms with Gasteiger partial charge in [-0.1, -0.05) is 43.6 Å². The molecule has 0 unspecified atom stereocenters. The van der Waals surface area contributed by atoms with E-state index in [0.717, 1.165) is 12.8 Å². The highest BCUT2D eigenvalue weighted by Crippen LogP contribution is 2.26. The maximum atomic E-state index is 12.8. The van der Waals surface area contributed by atoms with Crippen LogP contribution in [0.4, 0.5) is 0 Å². The number of hydrogen-bond acceptors (Lipinski definition) is 2. The maximum Gasteiger partial charge on any atom is 0.261 e. The summed E-state index contributed by atoms with van der Waals surface area (Å²) < 4.78 is 5.88. The van der Waals surface area contributed by atoms with Crippen molar-refractivity contribution in [1.82, 2.24) is 5.32 Å².